The van der Waals surface area contributed by atoms with E-state index in [1.54, 1.807) is 0 Å². The number of aromatic nitrogens is 1. The largest absolute Gasteiger partial charge is 0.367 e. The minimum atomic E-state index is 0.361. The van der Waals surface area contributed by atoms with Gasteiger partial charge in [0.15, 0.2) is 0 Å². The molecule has 1 aromatic carbocycles. The van der Waals surface area contributed by atoms with Crippen molar-refractivity contribution in [2.75, 3.05) is 5.32 Å². The number of hydrogen-bond acceptors (Lipinski definition) is 2. The van der Waals surface area contributed by atoms with E-state index in [-0.39, 0.29) is 0 Å². The minimum absolute atomic E-state index is 0.361. The molecule has 0 spiro atoms. The lowest BCUT2D eigenvalue weighted by Gasteiger charge is -2.15. The average molecular weight is 226 g/mol. The molecule has 1 atom stereocenters. The maximum absolute atomic E-state index is 4.65. The molecule has 17 heavy (non-hydrogen) atoms. The monoisotopic (exact) mass is 226 g/mol. The van der Waals surface area contributed by atoms with Crippen LogP contribution in [0.1, 0.15) is 18.9 Å². The molecular weight excluding hydrogens is 208 g/mol. The quantitative estimate of drug-likeness (QED) is 0.799. The van der Waals surface area contributed by atoms with Crippen molar-refractivity contribution in [2.45, 2.75) is 26.3 Å². The molecule has 0 aliphatic rings. The number of para-hydroxylation sites is 1. The van der Waals surface area contributed by atoms with Crippen molar-refractivity contribution in [2.24, 2.45) is 0 Å². The van der Waals surface area contributed by atoms with Gasteiger partial charge >= 0.3 is 0 Å². The highest BCUT2D eigenvalue weighted by Gasteiger charge is 2.05. The SMILES string of the molecule is C=CCC(C)Nc1nc2ccccc2cc1C. The molecule has 2 nitrogen and oxygen atoms in total. The summed E-state index contributed by atoms with van der Waals surface area (Å²) in [5.41, 5.74) is 2.21. The molecule has 0 saturated carbocycles. The van der Waals surface area contributed by atoms with Crippen LogP contribution in [-0.2, 0) is 0 Å². The van der Waals surface area contributed by atoms with Crippen molar-refractivity contribution < 1.29 is 0 Å². The molecule has 2 rings (SSSR count). The number of pyridine rings is 1. The van der Waals surface area contributed by atoms with Gasteiger partial charge in [0, 0.05) is 11.4 Å². The van der Waals surface area contributed by atoms with Crippen molar-refractivity contribution in [3.05, 3.63) is 48.6 Å². The molecule has 0 amide bonds. The van der Waals surface area contributed by atoms with E-state index in [1.807, 2.05) is 24.3 Å². The van der Waals surface area contributed by atoms with Crippen LogP contribution in [0.5, 0.6) is 0 Å². The van der Waals surface area contributed by atoms with E-state index in [4.69, 9.17) is 0 Å². The van der Waals surface area contributed by atoms with Gasteiger partial charge in [0.2, 0.25) is 0 Å². The Morgan fingerprint density at radius 3 is 2.94 bits per heavy atom. The van der Waals surface area contributed by atoms with Crippen molar-refractivity contribution in [1.29, 1.82) is 0 Å². The summed E-state index contributed by atoms with van der Waals surface area (Å²) in [6, 6.07) is 10.7. The number of nitrogens with one attached hydrogen (secondary N) is 1. The second-order valence-corrected chi connectivity index (χ2v) is 4.42. The summed E-state index contributed by atoms with van der Waals surface area (Å²) in [6.07, 6.45) is 2.86. The van der Waals surface area contributed by atoms with Crippen molar-refractivity contribution in [1.82, 2.24) is 4.98 Å². The highest BCUT2D eigenvalue weighted by atomic mass is 15.0. The van der Waals surface area contributed by atoms with Gasteiger partial charge in [0.05, 0.1) is 5.52 Å². The molecule has 0 fully saturated rings. The number of benzene rings is 1. The first-order valence-corrected chi connectivity index (χ1v) is 5.94. The number of anilines is 1. The number of fused-ring (bicyclic) bond motifs is 1. The summed E-state index contributed by atoms with van der Waals surface area (Å²) in [7, 11) is 0. The summed E-state index contributed by atoms with van der Waals surface area (Å²) in [5, 5.41) is 4.61. The van der Waals surface area contributed by atoms with Crippen molar-refractivity contribution in [3.63, 3.8) is 0 Å². The van der Waals surface area contributed by atoms with Gasteiger partial charge in [0.25, 0.3) is 0 Å². The number of rotatable bonds is 4. The first kappa shape index (κ1) is 11.6. The molecule has 0 aliphatic carbocycles. The third-order valence-corrected chi connectivity index (χ3v) is 2.82. The van der Waals surface area contributed by atoms with Crippen molar-refractivity contribution in [3.8, 4) is 0 Å². The van der Waals surface area contributed by atoms with Crippen LogP contribution in [0.25, 0.3) is 10.9 Å². The second-order valence-electron chi connectivity index (χ2n) is 4.42. The zero-order valence-corrected chi connectivity index (χ0v) is 10.4. The van der Waals surface area contributed by atoms with Crippen LogP contribution in [0, 0.1) is 6.92 Å². The molecular formula is C15H18N2. The van der Waals surface area contributed by atoms with Crippen LogP contribution in [0.15, 0.2) is 43.0 Å². The first-order chi connectivity index (χ1) is 8.20. The Bertz CT molecular complexity index is 531. The first-order valence-electron chi connectivity index (χ1n) is 5.94. The Hall–Kier alpha value is -1.83. The van der Waals surface area contributed by atoms with Gasteiger partial charge in [-0.3, -0.25) is 0 Å². The Labute approximate surface area is 102 Å². The highest BCUT2D eigenvalue weighted by Crippen LogP contribution is 2.20. The van der Waals surface area contributed by atoms with Gasteiger partial charge in [-0.25, -0.2) is 4.98 Å². The van der Waals surface area contributed by atoms with Gasteiger partial charge in [0.1, 0.15) is 5.82 Å². The molecule has 2 aromatic rings. The Balaban J connectivity index is 2.33. The minimum Gasteiger partial charge on any atom is -0.367 e. The predicted molar refractivity (Wildman–Crippen MR) is 74.4 cm³/mol. The fourth-order valence-corrected chi connectivity index (χ4v) is 1.91. The number of aryl methyl sites for hydroxylation is 1. The smallest absolute Gasteiger partial charge is 0.129 e. The van der Waals surface area contributed by atoms with E-state index in [2.05, 4.69) is 42.9 Å². The van der Waals surface area contributed by atoms with Crippen LogP contribution >= 0.6 is 0 Å². The van der Waals surface area contributed by atoms with Gasteiger partial charge in [-0.2, -0.15) is 0 Å². The lowest BCUT2D eigenvalue weighted by Crippen LogP contribution is -2.15. The predicted octanol–water partition coefficient (Wildman–Crippen LogP) is 3.92. The highest BCUT2D eigenvalue weighted by molar-refractivity contribution is 5.81. The summed E-state index contributed by atoms with van der Waals surface area (Å²) < 4.78 is 0. The van der Waals surface area contributed by atoms with E-state index in [0.29, 0.717) is 6.04 Å². The summed E-state index contributed by atoms with van der Waals surface area (Å²) in [6.45, 7) is 7.98. The van der Waals surface area contributed by atoms with E-state index in [9.17, 15) is 0 Å². The molecule has 0 saturated heterocycles. The Kier molecular flexibility index (Phi) is 3.43. The fraction of sp³-hybridized carbons (Fsp3) is 0.267. The molecule has 1 N–H and O–H groups in total. The molecule has 0 aliphatic heterocycles. The Morgan fingerprint density at radius 2 is 2.18 bits per heavy atom. The summed E-state index contributed by atoms with van der Waals surface area (Å²) >= 11 is 0. The van der Waals surface area contributed by atoms with Crippen LogP contribution in [0.2, 0.25) is 0 Å². The van der Waals surface area contributed by atoms with E-state index < -0.39 is 0 Å². The molecule has 1 unspecified atom stereocenters. The molecule has 88 valence electrons. The summed E-state index contributed by atoms with van der Waals surface area (Å²) in [5.74, 6) is 0.970. The molecule has 1 aromatic heterocycles. The lowest BCUT2D eigenvalue weighted by atomic mass is 10.1. The zero-order valence-electron chi connectivity index (χ0n) is 10.4. The molecule has 0 bridgehead atoms. The van der Waals surface area contributed by atoms with Crippen LogP contribution < -0.4 is 5.32 Å². The van der Waals surface area contributed by atoms with Gasteiger partial charge in [-0.05, 0) is 38.0 Å². The molecule has 0 radical (unpaired) electrons. The lowest BCUT2D eigenvalue weighted by molar-refractivity contribution is 0.807. The maximum atomic E-state index is 4.65. The van der Waals surface area contributed by atoms with Gasteiger partial charge < -0.3 is 5.32 Å². The summed E-state index contributed by atoms with van der Waals surface area (Å²) in [4.78, 5) is 4.65. The third kappa shape index (κ3) is 2.64. The van der Waals surface area contributed by atoms with E-state index >= 15 is 0 Å². The number of nitrogens with zero attached hydrogens (tertiary/aromatic N) is 1. The standard InChI is InChI=1S/C15H18N2/c1-4-7-12(3)16-15-11(2)10-13-8-5-6-9-14(13)17-15/h4-6,8-10,12H,1,7H2,2-3H3,(H,16,17). The second kappa shape index (κ2) is 5.00. The topological polar surface area (TPSA) is 24.9 Å². The Morgan fingerprint density at radius 1 is 1.41 bits per heavy atom. The van der Waals surface area contributed by atoms with Crippen LogP contribution in [0.4, 0.5) is 5.82 Å². The van der Waals surface area contributed by atoms with Crippen molar-refractivity contribution >= 4 is 16.7 Å². The fourth-order valence-electron chi connectivity index (χ4n) is 1.91. The van der Waals surface area contributed by atoms with Crippen LogP contribution in [-0.4, -0.2) is 11.0 Å². The molecule has 1 heterocycles. The van der Waals surface area contributed by atoms with Gasteiger partial charge in [-0.15, -0.1) is 6.58 Å². The third-order valence-electron chi connectivity index (χ3n) is 2.82. The molecule has 2 heteroatoms. The van der Waals surface area contributed by atoms with E-state index in [0.717, 1.165) is 17.8 Å². The van der Waals surface area contributed by atoms with Gasteiger partial charge in [-0.1, -0.05) is 24.3 Å². The number of hydrogen-bond donors (Lipinski definition) is 1. The van der Waals surface area contributed by atoms with E-state index in [1.165, 1.54) is 10.9 Å². The normalized spacial score (nSPS) is 12.4. The zero-order chi connectivity index (χ0) is 12.3. The average Bonchev–Trinajstić information content (AvgIpc) is 2.30. The van der Waals surface area contributed by atoms with Crippen LogP contribution in [0.3, 0.4) is 0 Å². The maximum Gasteiger partial charge on any atom is 0.129 e.